The van der Waals surface area contributed by atoms with Crippen LogP contribution < -0.4 is 9.64 Å². The number of benzene rings is 1. The zero-order valence-corrected chi connectivity index (χ0v) is 11.1. The van der Waals surface area contributed by atoms with Gasteiger partial charge in [0.25, 0.3) is 0 Å². The van der Waals surface area contributed by atoms with Gasteiger partial charge in [-0.3, -0.25) is 0 Å². The van der Waals surface area contributed by atoms with Gasteiger partial charge < -0.3 is 19.1 Å². The van der Waals surface area contributed by atoms with Gasteiger partial charge in [0.05, 0.1) is 19.8 Å². The lowest BCUT2D eigenvalue weighted by molar-refractivity contribution is -0.183. The van der Waals surface area contributed by atoms with Gasteiger partial charge in [0.1, 0.15) is 5.75 Å². The van der Waals surface area contributed by atoms with Crippen LogP contribution in [0.2, 0.25) is 0 Å². The molecule has 0 unspecified atom stereocenters. The predicted octanol–water partition coefficient (Wildman–Crippen LogP) is 2.28. The van der Waals surface area contributed by atoms with E-state index in [0.29, 0.717) is 6.61 Å². The van der Waals surface area contributed by atoms with Crippen molar-refractivity contribution in [2.75, 3.05) is 38.8 Å². The quantitative estimate of drug-likeness (QED) is 0.803. The highest BCUT2D eigenvalue weighted by molar-refractivity contribution is 5.49. The average molecular weight is 251 g/mol. The Balaban J connectivity index is 1.77. The summed E-state index contributed by atoms with van der Waals surface area (Å²) in [7, 11) is 4.03. The Morgan fingerprint density at radius 3 is 2.78 bits per heavy atom. The largest absolute Gasteiger partial charge is 0.493 e. The molecule has 1 saturated heterocycles. The van der Waals surface area contributed by atoms with Crippen molar-refractivity contribution in [2.45, 2.75) is 19.1 Å². The summed E-state index contributed by atoms with van der Waals surface area (Å²) in [4.78, 5) is 2.06. The number of rotatable bonds is 5. The molecule has 0 radical (unpaired) electrons. The summed E-state index contributed by atoms with van der Waals surface area (Å²) in [6.45, 7) is 2.20. The number of hydrogen-bond donors (Lipinski definition) is 0. The van der Waals surface area contributed by atoms with Crippen LogP contribution in [0, 0.1) is 0 Å². The van der Waals surface area contributed by atoms with Gasteiger partial charge >= 0.3 is 0 Å². The second-order valence-electron chi connectivity index (χ2n) is 4.55. The third-order valence-electron chi connectivity index (χ3n) is 2.85. The SMILES string of the molecule is CN(C)c1cccc(OCCC2OCCCO2)c1. The molecule has 0 atom stereocenters. The second-order valence-corrected chi connectivity index (χ2v) is 4.55. The molecule has 1 heterocycles. The van der Waals surface area contributed by atoms with Crippen molar-refractivity contribution in [1.82, 2.24) is 0 Å². The lowest BCUT2D eigenvalue weighted by atomic mass is 10.3. The summed E-state index contributed by atoms with van der Waals surface area (Å²) >= 11 is 0. The molecule has 1 aliphatic rings. The molecule has 0 aliphatic carbocycles. The van der Waals surface area contributed by atoms with E-state index in [1.165, 1.54) is 0 Å². The molecular weight excluding hydrogens is 230 g/mol. The van der Waals surface area contributed by atoms with Crippen molar-refractivity contribution < 1.29 is 14.2 Å². The monoisotopic (exact) mass is 251 g/mol. The molecule has 0 N–H and O–H groups in total. The molecule has 0 bridgehead atoms. The van der Waals surface area contributed by atoms with Gasteiger partial charge in [-0.2, -0.15) is 0 Å². The Morgan fingerprint density at radius 2 is 2.06 bits per heavy atom. The Morgan fingerprint density at radius 1 is 1.28 bits per heavy atom. The first-order valence-corrected chi connectivity index (χ1v) is 6.39. The molecule has 0 amide bonds. The summed E-state index contributed by atoms with van der Waals surface area (Å²) in [6.07, 6.45) is 1.66. The van der Waals surface area contributed by atoms with Crippen molar-refractivity contribution in [3.05, 3.63) is 24.3 Å². The standard InChI is InChI=1S/C14H21NO3/c1-15(2)12-5-3-6-13(11-12)16-10-7-14-17-8-4-9-18-14/h3,5-6,11,14H,4,7-10H2,1-2H3. The topological polar surface area (TPSA) is 30.9 Å². The van der Waals surface area contributed by atoms with E-state index in [-0.39, 0.29) is 6.29 Å². The number of nitrogens with zero attached hydrogens (tertiary/aromatic N) is 1. The maximum atomic E-state index is 5.71. The lowest BCUT2D eigenvalue weighted by Gasteiger charge is -2.23. The molecule has 18 heavy (non-hydrogen) atoms. The van der Waals surface area contributed by atoms with Gasteiger partial charge in [0.2, 0.25) is 0 Å². The molecule has 1 fully saturated rings. The molecule has 0 saturated carbocycles. The van der Waals surface area contributed by atoms with Gasteiger partial charge in [-0.15, -0.1) is 0 Å². The predicted molar refractivity (Wildman–Crippen MR) is 71.2 cm³/mol. The Bertz CT molecular complexity index is 362. The molecule has 4 nitrogen and oxygen atoms in total. The van der Waals surface area contributed by atoms with Crippen LogP contribution in [-0.2, 0) is 9.47 Å². The molecular formula is C14H21NO3. The van der Waals surface area contributed by atoms with Crippen molar-refractivity contribution in [3.8, 4) is 5.75 Å². The summed E-state index contributed by atoms with van der Waals surface area (Å²) in [5, 5.41) is 0. The van der Waals surface area contributed by atoms with Crippen LogP contribution in [0.15, 0.2) is 24.3 Å². The third-order valence-corrected chi connectivity index (χ3v) is 2.85. The van der Waals surface area contributed by atoms with Gasteiger partial charge in [0.15, 0.2) is 6.29 Å². The molecule has 2 rings (SSSR count). The van der Waals surface area contributed by atoms with Gasteiger partial charge in [-0.1, -0.05) is 6.07 Å². The Hall–Kier alpha value is -1.26. The molecule has 1 aromatic carbocycles. The first kappa shape index (κ1) is 13.2. The number of hydrogen-bond acceptors (Lipinski definition) is 4. The zero-order chi connectivity index (χ0) is 12.8. The van der Waals surface area contributed by atoms with Crippen LogP contribution in [0.5, 0.6) is 5.75 Å². The highest BCUT2D eigenvalue weighted by atomic mass is 16.7. The smallest absolute Gasteiger partial charge is 0.160 e. The van der Waals surface area contributed by atoms with Crippen molar-refractivity contribution in [2.24, 2.45) is 0 Å². The van der Waals surface area contributed by atoms with Crippen molar-refractivity contribution >= 4 is 5.69 Å². The number of anilines is 1. The minimum absolute atomic E-state index is 0.101. The minimum atomic E-state index is -0.101. The zero-order valence-electron chi connectivity index (χ0n) is 11.1. The lowest BCUT2D eigenvalue weighted by Crippen LogP contribution is -2.26. The van der Waals surface area contributed by atoms with Crippen LogP contribution in [0.3, 0.4) is 0 Å². The van der Waals surface area contributed by atoms with Gasteiger partial charge in [-0.25, -0.2) is 0 Å². The normalized spacial score (nSPS) is 16.6. The summed E-state index contributed by atoms with van der Waals surface area (Å²) in [6, 6.07) is 8.05. The fourth-order valence-corrected chi connectivity index (χ4v) is 1.83. The maximum absolute atomic E-state index is 5.71. The average Bonchev–Trinajstić information content (AvgIpc) is 2.40. The molecule has 4 heteroatoms. The summed E-state index contributed by atoms with van der Waals surface area (Å²) in [5.41, 5.74) is 1.14. The third kappa shape index (κ3) is 3.89. The first-order chi connectivity index (χ1) is 8.75. The Kier molecular flexibility index (Phi) is 4.84. The minimum Gasteiger partial charge on any atom is -0.493 e. The fourth-order valence-electron chi connectivity index (χ4n) is 1.83. The maximum Gasteiger partial charge on any atom is 0.160 e. The summed E-state index contributed by atoms with van der Waals surface area (Å²) < 4.78 is 16.6. The van der Waals surface area contributed by atoms with Crippen LogP contribution in [0.1, 0.15) is 12.8 Å². The van der Waals surface area contributed by atoms with E-state index in [1.807, 2.05) is 32.3 Å². The van der Waals surface area contributed by atoms with Crippen LogP contribution >= 0.6 is 0 Å². The Labute approximate surface area is 108 Å². The van der Waals surface area contributed by atoms with Gasteiger partial charge in [0, 0.05) is 32.3 Å². The van der Waals surface area contributed by atoms with Crippen LogP contribution in [-0.4, -0.2) is 40.2 Å². The van der Waals surface area contributed by atoms with E-state index >= 15 is 0 Å². The number of ether oxygens (including phenoxy) is 3. The van der Waals surface area contributed by atoms with E-state index < -0.39 is 0 Å². The molecule has 0 aromatic heterocycles. The highest BCUT2D eigenvalue weighted by Crippen LogP contribution is 2.19. The van der Waals surface area contributed by atoms with E-state index in [4.69, 9.17) is 14.2 Å². The second kappa shape index (κ2) is 6.61. The van der Waals surface area contributed by atoms with Crippen molar-refractivity contribution in [3.63, 3.8) is 0 Å². The van der Waals surface area contributed by atoms with E-state index in [1.54, 1.807) is 0 Å². The molecule has 1 aliphatic heterocycles. The molecule has 0 spiro atoms. The van der Waals surface area contributed by atoms with Gasteiger partial charge in [-0.05, 0) is 18.6 Å². The molecule has 100 valence electrons. The van der Waals surface area contributed by atoms with Crippen LogP contribution in [0.25, 0.3) is 0 Å². The summed E-state index contributed by atoms with van der Waals surface area (Å²) in [5.74, 6) is 0.886. The first-order valence-electron chi connectivity index (χ1n) is 6.39. The van der Waals surface area contributed by atoms with E-state index in [2.05, 4.69) is 11.0 Å². The highest BCUT2D eigenvalue weighted by Gasteiger charge is 2.13. The van der Waals surface area contributed by atoms with E-state index in [9.17, 15) is 0 Å². The van der Waals surface area contributed by atoms with Crippen molar-refractivity contribution in [1.29, 1.82) is 0 Å². The molecule has 1 aromatic rings. The fraction of sp³-hybridized carbons (Fsp3) is 0.571. The van der Waals surface area contributed by atoms with Crippen LogP contribution in [0.4, 0.5) is 5.69 Å². The van der Waals surface area contributed by atoms with E-state index in [0.717, 1.165) is 37.5 Å².